The second-order valence-electron chi connectivity index (χ2n) is 4.34. The van der Waals surface area contributed by atoms with Gasteiger partial charge in [-0.3, -0.25) is 9.78 Å². The van der Waals surface area contributed by atoms with Crippen LogP contribution in [0, 0.1) is 0 Å². The van der Waals surface area contributed by atoms with E-state index in [4.69, 9.17) is 5.73 Å². The molecule has 0 aromatic carbocycles. The molecule has 0 saturated heterocycles. The van der Waals surface area contributed by atoms with Gasteiger partial charge in [0, 0.05) is 25.0 Å². The van der Waals surface area contributed by atoms with Gasteiger partial charge in [-0.2, -0.15) is 0 Å². The first kappa shape index (κ1) is 11.1. The fourth-order valence-corrected chi connectivity index (χ4v) is 1.72. The molecule has 0 bridgehead atoms. The molecule has 1 aliphatic carbocycles. The van der Waals surface area contributed by atoms with Crippen molar-refractivity contribution in [2.24, 2.45) is 5.73 Å². The molecule has 4 heteroatoms. The highest BCUT2D eigenvalue weighted by molar-refractivity contribution is 5.81. The van der Waals surface area contributed by atoms with Crippen LogP contribution < -0.4 is 5.73 Å². The number of nitrogens with zero attached hydrogens (tertiary/aromatic N) is 2. The van der Waals surface area contributed by atoms with Crippen LogP contribution >= 0.6 is 0 Å². The topological polar surface area (TPSA) is 59.2 Å². The second kappa shape index (κ2) is 4.61. The van der Waals surface area contributed by atoms with Crippen LogP contribution in [0.15, 0.2) is 24.5 Å². The molecule has 1 heterocycles. The SMILES string of the molecule is CC(N)C(=O)N(Cc1ccncc1)C1CC1. The van der Waals surface area contributed by atoms with Gasteiger partial charge in [-0.1, -0.05) is 0 Å². The van der Waals surface area contributed by atoms with Crippen molar-refractivity contribution in [2.45, 2.75) is 38.4 Å². The number of pyridine rings is 1. The molecule has 1 unspecified atom stereocenters. The highest BCUT2D eigenvalue weighted by atomic mass is 16.2. The third-order valence-corrected chi connectivity index (χ3v) is 2.76. The number of nitrogens with two attached hydrogens (primary N) is 1. The molecule has 1 aromatic rings. The zero-order valence-electron chi connectivity index (χ0n) is 9.47. The summed E-state index contributed by atoms with van der Waals surface area (Å²) in [6, 6.07) is 3.85. The highest BCUT2D eigenvalue weighted by Crippen LogP contribution is 2.28. The van der Waals surface area contributed by atoms with Crippen molar-refractivity contribution in [3.05, 3.63) is 30.1 Å². The van der Waals surface area contributed by atoms with Crippen molar-refractivity contribution in [3.63, 3.8) is 0 Å². The lowest BCUT2D eigenvalue weighted by Gasteiger charge is -2.24. The summed E-state index contributed by atoms with van der Waals surface area (Å²) in [6.07, 6.45) is 5.70. The fraction of sp³-hybridized carbons (Fsp3) is 0.500. The Bertz CT molecular complexity index is 360. The Balaban J connectivity index is 2.06. The largest absolute Gasteiger partial charge is 0.334 e. The first-order chi connectivity index (χ1) is 7.68. The summed E-state index contributed by atoms with van der Waals surface area (Å²) in [5.74, 6) is 0.0410. The van der Waals surface area contributed by atoms with Crippen molar-refractivity contribution in [2.75, 3.05) is 0 Å². The third-order valence-electron chi connectivity index (χ3n) is 2.76. The van der Waals surface area contributed by atoms with Gasteiger partial charge < -0.3 is 10.6 Å². The lowest BCUT2D eigenvalue weighted by Crippen LogP contribution is -2.42. The van der Waals surface area contributed by atoms with E-state index in [0.717, 1.165) is 18.4 Å². The molecule has 0 radical (unpaired) electrons. The number of carbonyl (C=O) groups excluding carboxylic acids is 1. The Kier molecular flexibility index (Phi) is 3.19. The van der Waals surface area contributed by atoms with E-state index in [-0.39, 0.29) is 5.91 Å². The summed E-state index contributed by atoms with van der Waals surface area (Å²) in [5.41, 5.74) is 6.76. The molecule has 0 aliphatic heterocycles. The molecular formula is C12H17N3O. The number of amides is 1. The number of hydrogen-bond acceptors (Lipinski definition) is 3. The minimum absolute atomic E-state index is 0.0410. The maximum absolute atomic E-state index is 11.9. The van der Waals surface area contributed by atoms with Crippen LogP contribution in [0.1, 0.15) is 25.3 Å². The van der Waals surface area contributed by atoms with Gasteiger partial charge in [0.1, 0.15) is 0 Å². The van der Waals surface area contributed by atoms with E-state index in [1.54, 1.807) is 19.3 Å². The van der Waals surface area contributed by atoms with Gasteiger partial charge in [0.2, 0.25) is 5.91 Å². The summed E-state index contributed by atoms with van der Waals surface area (Å²) in [4.78, 5) is 17.8. The minimum Gasteiger partial charge on any atom is -0.334 e. The van der Waals surface area contributed by atoms with Crippen molar-refractivity contribution >= 4 is 5.91 Å². The zero-order chi connectivity index (χ0) is 11.5. The molecule has 0 spiro atoms. The molecule has 2 N–H and O–H groups in total. The van der Waals surface area contributed by atoms with Gasteiger partial charge in [0.05, 0.1) is 6.04 Å². The Morgan fingerprint density at radius 1 is 1.56 bits per heavy atom. The Hall–Kier alpha value is -1.42. The van der Waals surface area contributed by atoms with E-state index in [1.807, 2.05) is 17.0 Å². The average Bonchev–Trinajstić information content (AvgIpc) is 3.10. The smallest absolute Gasteiger partial charge is 0.239 e. The number of carbonyl (C=O) groups is 1. The van der Waals surface area contributed by atoms with Crippen LogP contribution in [0.5, 0.6) is 0 Å². The van der Waals surface area contributed by atoms with E-state index < -0.39 is 6.04 Å². The summed E-state index contributed by atoms with van der Waals surface area (Å²) < 4.78 is 0. The predicted molar refractivity (Wildman–Crippen MR) is 61.5 cm³/mol. The Labute approximate surface area is 95.5 Å². The van der Waals surface area contributed by atoms with E-state index >= 15 is 0 Å². The molecule has 1 saturated carbocycles. The lowest BCUT2D eigenvalue weighted by atomic mass is 10.2. The zero-order valence-corrected chi connectivity index (χ0v) is 9.47. The summed E-state index contributed by atoms with van der Waals surface area (Å²) in [7, 11) is 0. The van der Waals surface area contributed by atoms with Crippen LogP contribution in [-0.2, 0) is 11.3 Å². The fourth-order valence-electron chi connectivity index (χ4n) is 1.72. The van der Waals surface area contributed by atoms with Crippen molar-refractivity contribution < 1.29 is 4.79 Å². The van der Waals surface area contributed by atoms with Gasteiger partial charge in [0.15, 0.2) is 0 Å². The van der Waals surface area contributed by atoms with Crippen molar-refractivity contribution in [3.8, 4) is 0 Å². The standard InChI is InChI=1S/C12H17N3O/c1-9(13)12(16)15(11-2-3-11)8-10-4-6-14-7-5-10/h4-7,9,11H,2-3,8,13H2,1H3. The van der Waals surface area contributed by atoms with Gasteiger partial charge in [-0.25, -0.2) is 0 Å². The van der Waals surface area contributed by atoms with E-state index in [9.17, 15) is 4.79 Å². The molecule has 1 amide bonds. The predicted octanol–water partition coefficient (Wildman–Crippen LogP) is 0.920. The lowest BCUT2D eigenvalue weighted by molar-refractivity contribution is -0.133. The second-order valence-corrected chi connectivity index (χ2v) is 4.34. The van der Waals surface area contributed by atoms with Crippen LogP contribution in [0.4, 0.5) is 0 Å². The quantitative estimate of drug-likeness (QED) is 0.819. The molecule has 4 nitrogen and oxygen atoms in total. The monoisotopic (exact) mass is 219 g/mol. The molecule has 1 aromatic heterocycles. The number of aromatic nitrogens is 1. The highest BCUT2D eigenvalue weighted by Gasteiger charge is 2.33. The van der Waals surface area contributed by atoms with E-state index in [2.05, 4.69) is 4.98 Å². The molecule has 86 valence electrons. The van der Waals surface area contributed by atoms with Gasteiger partial charge in [0.25, 0.3) is 0 Å². The Morgan fingerprint density at radius 3 is 2.69 bits per heavy atom. The molecule has 1 atom stereocenters. The van der Waals surface area contributed by atoms with E-state index in [0.29, 0.717) is 12.6 Å². The molecule has 1 aliphatic rings. The summed E-state index contributed by atoms with van der Waals surface area (Å²) >= 11 is 0. The minimum atomic E-state index is -0.414. The van der Waals surface area contributed by atoms with Gasteiger partial charge in [-0.15, -0.1) is 0 Å². The van der Waals surface area contributed by atoms with Crippen LogP contribution in [0.25, 0.3) is 0 Å². The Morgan fingerprint density at radius 2 is 2.19 bits per heavy atom. The molecule has 2 rings (SSSR count). The van der Waals surface area contributed by atoms with Crippen LogP contribution in [-0.4, -0.2) is 27.9 Å². The normalized spacial score (nSPS) is 16.9. The van der Waals surface area contributed by atoms with Crippen LogP contribution in [0.2, 0.25) is 0 Å². The maximum Gasteiger partial charge on any atom is 0.239 e. The van der Waals surface area contributed by atoms with Crippen molar-refractivity contribution in [1.82, 2.24) is 9.88 Å². The first-order valence-electron chi connectivity index (χ1n) is 5.63. The third kappa shape index (κ3) is 2.58. The van der Waals surface area contributed by atoms with Gasteiger partial charge in [-0.05, 0) is 37.5 Å². The molecule has 16 heavy (non-hydrogen) atoms. The summed E-state index contributed by atoms with van der Waals surface area (Å²) in [5, 5.41) is 0. The molecule has 1 fully saturated rings. The number of hydrogen-bond donors (Lipinski definition) is 1. The van der Waals surface area contributed by atoms with Crippen molar-refractivity contribution in [1.29, 1.82) is 0 Å². The van der Waals surface area contributed by atoms with Crippen LogP contribution in [0.3, 0.4) is 0 Å². The first-order valence-corrected chi connectivity index (χ1v) is 5.63. The maximum atomic E-state index is 11.9. The summed E-state index contributed by atoms with van der Waals surface area (Å²) in [6.45, 7) is 2.39. The molecular weight excluding hydrogens is 202 g/mol. The number of rotatable bonds is 4. The average molecular weight is 219 g/mol. The van der Waals surface area contributed by atoms with Gasteiger partial charge >= 0.3 is 0 Å². The van der Waals surface area contributed by atoms with E-state index in [1.165, 1.54) is 0 Å².